The molecule has 0 bridgehead atoms. The number of hydrogen-bond donors (Lipinski definition) is 2. The maximum Gasteiger partial charge on any atom is 0.266 e. The second-order valence-corrected chi connectivity index (χ2v) is 6.75. The van der Waals surface area contributed by atoms with Gasteiger partial charge in [-0.2, -0.15) is 0 Å². The average Bonchev–Trinajstić information content (AvgIpc) is 2.86. The number of anilines is 1. The Balaban J connectivity index is 1.77. The van der Waals surface area contributed by atoms with Gasteiger partial charge in [0, 0.05) is 6.07 Å². The summed E-state index contributed by atoms with van der Waals surface area (Å²) in [5.74, 6) is 1.87. The maximum atomic E-state index is 11.3. The van der Waals surface area contributed by atoms with Crippen molar-refractivity contribution in [2.24, 2.45) is 0 Å². The first-order chi connectivity index (χ1) is 11.3. The van der Waals surface area contributed by atoms with Crippen LogP contribution in [0.2, 0.25) is 0 Å². The first kappa shape index (κ1) is 15.9. The second kappa shape index (κ2) is 5.92. The van der Waals surface area contributed by atoms with Crippen LogP contribution in [0.25, 0.3) is 5.69 Å². The molecule has 0 saturated heterocycles. The van der Waals surface area contributed by atoms with Gasteiger partial charge in [0.05, 0.1) is 5.69 Å². The van der Waals surface area contributed by atoms with E-state index in [0.717, 1.165) is 17.2 Å². The Morgan fingerprint density at radius 2 is 1.50 bits per heavy atom. The Labute approximate surface area is 140 Å². The summed E-state index contributed by atoms with van der Waals surface area (Å²) in [5.41, 5.74) is 7.70. The third-order valence-corrected chi connectivity index (χ3v) is 3.81. The first-order valence-corrected chi connectivity index (χ1v) is 7.79. The molecule has 124 valence electrons. The number of nitrogens with zero attached hydrogens (tertiary/aromatic N) is 1. The van der Waals surface area contributed by atoms with Gasteiger partial charge in [-0.05, 0) is 47.4 Å². The van der Waals surface area contributed by atoms with Crippen LogP contribution < -0.4 is 16.0 Å². The van der Waals surface area contributed by atoms with E-state index in [9.17, 15) is 4.79 Å². The van der Waals surface area contributed by atoms with E-state index in [1.807, 2.05) is 36.4 Å². The number of aromatic amines is 1. The fourth-order valence-electron chi connectivity index (χ4n) is 2.44. The fourth-order valence-corrected chi connectivity index (χ4v) is 2.44. The topological polar surface area (TPSA) is 73.0 Å². The van der Waals surface area contributed by atoms with Crippen molar-refractivity contribution in [3.63, 3.8) is 0 Å². The predicted molar refractivity (Wildman–Crippen MR) is 96.0 cm³/mol. The van der Waals surface area contributed by atoms with Gasteiger partial charge in [-0.3, -0.25) is 9.89 Å². The van der Waals surface area contributed by atoms with Crippen molar-refractivity contribution in [2.75, 3.05) is 5.73 Å². The second-order valence-electron chi connectivity index (χ2n) is 6.75. The average molecular weight is 323 g/mol. The molecule has 0 fully saturated rings. The Hall–Kier alpha value is -2.95. The lowest BCUT2D eigenvalue weighted by atomic mass is 9.87. The minimum atomic E-state index is -0.230. The van der Waals surface area contributed by atoms with Gasteiger partial charge in [0.15, 0.2) is 0 Å². The molecule has 0 radical (unpaired) electrons. The maximum absolute atomic E-state index is 11.3. The van der Waals surface area contributed by atoms with Gasteiger partial charge in [-0.1, -0.05) is 32.9 Å². The predicted octanol–water partition coefficient (Wildman–Crippen LogP) is 3.84. The van der Waals surface area contributed by atoms with E-state index < -0.39 is 0 Å². The third kappa shape index (κ3) is 3.35. The summed E-state index contributed by atoms with van der Waals surface area (Å²) in [7, 11) is 0. The van der Waals surface area contributed by atoms with E-state index in [2.05, 4.69) is 38.0 Å². The number of benzene rings is 2. The highest BCUT2D eigenvalue weighted by Gasteiger charge is 2.13. The zero-order chi connectivity index (χ0) is 17.3. The molecule has 0 saturated carbocycles. The van der Waals surface area contributed by atoms with Gasteiger partial charge in [-0.15, -0.1) is 0 Å². The number of hydrogen-bond acceptors (Lipinski definition) is 3. The minimum absolute atomic E-state index is 0.119. The molecule has 0 atom stereocenters. The van der Waals surface area contributed by atoms with Crippen molar-refractivity contribution < 1.29 is 4.74 Å². The highest BCUT2D eigenvalue weighted by atomic mass is 16.5. The molecule has 1 heterocycles. The highest BCUT2D eigenvalue weighted by Crippen LogP contribution is 2.27. The standard InChI is InChI=1S/C19H21N3O2/c1-19(2,3)13-4-8-15(9-5-13)24-16-10-6-14(7-11-16)22-17(20)12-18(23)21-22/h4-12H,20H2,1-3H3,(H,21,23). The molecular formula is C19H21N3O2. The molecule has 2 aromatic carbocycles. The molecule has 3 N–H and O–H groups in total. The zero-order valence-corrected chi connectivity index (χ0v) is 14.0. The lowest BCUT2D eigenvalue weighted by Crippen LogP contribution is -2.10. The van der Waals surface area contributed by atoms with E-state index in [1.54, 1.807) is 0 Å². The molecule has 3 rings (SSSR count). The number of rotatable bonds is 3. The van der Waals surface area contributed by atoms with Gasteiger partial charge in [0.2, 0.25) is 0 Å². The van der Waals surface area contributed by atoms with Gasteiger partial charge >= 0.3 is 0 Å². The Morgan fingerprint density at radius 3 is 1.96 bits per heavy atom. The van der Waals surface area contributed by atoms with Crippen LogP contribution in [-0.2, 0) is 5.41 Å². The summed E-state index contributed by atoms with van der Waals surface area (Å²) < 4.78 is 7.39. The van der Waals surface area contributed by atoms with Gasteiger partial charge in [0.1, 0.15) is 17.3 Å². The Bertz CT molecular complexity index is 882. The monoisotopic (exact) mass is 323 g/mol. The van der Waals surface area contributed by atoms with E-state index in [-0.39, 0.29) is 11.0 Å². The summed E-state index contributed by atoms with van der Waals surface area (Å²) in [5, 5.41) is 2.65. The van der Waals surface area contributed by atoms with Crippen LogP contribution in [-0.4, -0.2) is 9.78 Å². The summed E-state index contributed by atoms with van der Waals surface area (Å²) in [6, 6.07) is 16.8. The Morgan fingerprint density at radius 1 is 0.958 bits per heavy atom. The highest BCUT2D eigenvalue weighted by molar-refractivity contribution is 5.44. The van der Waals surface area contributed by atoms with Crippen LogP contribution in [0.4, 0.5) is 5.82 Å². The van der Waals surface area contributed by atoms with E-state index >= 15 is 0 Å². The molecule has 0 aliphatic rings. The van der Waals surface area contributed by atoms with Crippen molar-refractivity contribution in [1.29, 1.82) is 0 Å². The van der Waals surface area contributed by atoms with E-state index in [4.69, 9.17) is 10.5 Å². The number of ether oxygens (including phenoxy) is 1. The number of nitrogens with two attached hydrogens (primary N) is 1. The molecule has 1 aromatic heterocycles. The quantitative estimate of drug-likeness (QED) is 0.769. The van der Waals surface area contributed by atoms with Crippen molar-refractivity contribution >= 4 is 5.82 Å². The molecule has 5 nitrogen and oxygen atoms in total. The summed E-state index contributed by atoms with van der Waals surface area (Å²) in [6.07, 6.45) is 0. The van der Waals surface area contributed by atoms with Gasteiger partial charge in [0.25, 0.3) is 5.56 Å². The molecule has 0 spiro atoms. The summed E-state index contributed by atoms with van der Waals surface area (Å²) in [6.45, 7) is 6.54. The normalized spacial score (nSPS) is 11.5. The van der Waals surface area contributed by atoms with Crippen molar-refractivity contribution in [2.45, 2.75) is 26.2 Å². The van der Waals surface area contributed by atoms with Crippen molar-refractivity contribution in [3.05, 3.63) is 70.5 Å². The number of nitrogens with one attached hydrogen (secondary N) is 1. The lowest BCUT2D eigenvalue weighted by molar-refractivity contribution is 0.481. The van der Waals surface area contributed by atoms with Crippen LogP contribution in [0.15, 0.2) is 59.4 Å². The Kier molecular flexibility index (Phi) is 3.93. The zero-order valence-electron chi connectivity index (χ0n) is 14.0. The molecule has 24 heavy (non-hydrogen) atoms. The molecule has 0 aliphatic carbocycles. The fraction of sp³-hybridized carbons (Fsp3) is 0.211. The van der Waals surface area contributed by atoms with Gasteiger partial charge < -0.3 is 10.5 Å². The summed E-state index contributed by atoms with van der Waals surface area (Å²) in [4.78, 5) is 11.3. The number of H-pyrrole nitrogens is 1. The van der Waals surface area contributed by atoms with Crippen LogP contribution in [0.1, 0.15) is 26.3 Å². The SMILES string of the molecule is CC(C)(C)c1ccc(Oc2ccc(-n3[nH]c(=O)cc3N)cc2)cc1. The lowest BCUT2D eigenvalue weighted by Gasteiger charge is -2.19. The van der Waals surface area contributed by atoms with Crippen LogP contribution in [0, 0.1) is 0 Å². The molecule has 0 unspecified atom stereocenters. The first-order valence-electron chi connectivity index (χ1n) is 7.79. The van der Waals surface area contributed by atoms with Crippen molar-refractivity contribution in [1.82, 2.24) is 9.78 Å². The molecular weight excluding hydrogens is 302 g/mol. The van der Waals surface area contributed by atoms with Gasteiger partial charge in [-0.25, -0.2) is 4.68 Å². The van der Waals surface area contributed by atoms with E-state index in [1.165, 1.54) is 16.3 Å². The molecule has 5 heteroatoms. The molecule has 0 amide bonds. The largest absolute Gasteiger partial charge is 0.457 e. The number of nitrogen functional groups attached to an aromatic ring is 1. The van der Waals surface area contributed by atoms with Crippen LogP contribution >= 0.6 is 0 Å². The van der Waals surface area contributed by atoms with Crippen LogP contribution in [0.5, 0.6) is 11.5 Å². The smallest absolute Gasteiger partial charge is 0.266 e. The number of aromatic nitrogens is 2. The van der Waals surface area contributed by atoms with Crippen LogP contribution in [0.3, 0.4) is 0 Å². The minimum Gasteiger partial charge on any atom is -0.457 e. The van der Waals surface area contributed by atoms with Crippen molar-refractivity contribution in [3.8, 4) is 17.2 Å². The summed E-state index contributed by atoms with van der Waals surface area (Å²) >= 11 is 0. The van der Waals surface area contributed by atoms with E-state index in [0.29, 0.717) is 5.82 Å². The molecule has 3 aromatic rings. The third-order valence-electron chi connectivity index (χ3n) is 3.81. The molecule has 0 aliphatic heterocycles.